The summed E-state index contributed by atoms with van der Waals surface area (Å²) in [5.74, 6) is 0.746. The third-order valence-electron chi connectivity index (χ3n) is 3.54. The van der Waals surface area contributed by atoms with Crippen molar-refractivity contribution in [2.45, 2.75) is 38.5 Å². The molecule has 1 aromatic carbocycles. The molecule has 3 heteroatoms. The lowest BCUT2D eigenvalue weighted by Crippen LogP contribution is -2.12. The number of halogens is 2. The monoisotopic (exact) mass is 347 g/mol. The Labute approximate surface area is 116 Å². The Bertz CT molecular complexity index is 361. The minimum atomic E-state index is -0.131. The highest BCUT2D eigenvalue weighted by Crippen LogP contribution is 2.27. The number of anilines is 1. The van der Waals surface area contributed by atoms with E-state index in [2.05, 4.69) is 27.9 Å². The Morgan fingerprint density at radius 1 is 1.24 bits per heavy atom. The Hall–Kier alpha value is -0.320. The smallest absolute Gasteiger partial charge is 0.138 e. The SMILES string of the molecule is Fc1cccc(NCCC2CCCCC2)c1I. The molecule has 1 fully saturated rings. The van der Waals surface area contributed by atoms with Crippen LogP contribution in [0.1, 0.15) is 38.5 Å². The van der Waals surface area contributed by atoms with Crippen molar-refractivity contribution in [2.75, 3.05) is 11.9 Å². The van der Waals surface area contributed by atoms with Gasteiger partial charge in [-0.15, -0.1) is 0 Å². The molecule has 0 saturated heterocycles. The lowest BCUT2D eigenvalue weighted by atomic mass is 9.87. The van der Waals surface area contributed by atoms with Gasteiger partial charge in [-0.25, -0.2) is 4.39 Å². The molecule has 1 nitrogen and oxygen atoms in total. The van der Waals surface area contributed by atoms with Crippen LogP contribution < -0.4 is 5.32 Å². The third-order valence-corrected chi connectivity index (χ3v) is 4.64. The number of nitrogens with one attached hydrogen (secondary N) is 1. The second-order valence-electron chi connectivity index (χ2n) is 4.82. The van der Waals surface area contributed by atoms with E-state index >= 15 is 0 Å². The van der Waals surface area contributed by atoms with Crippen molar-refractivity contribution in [1.82, 2.24) is 0 Å². The molecule has 17 heavy (non-hydrogen) atoms. The van der Waals surface area contributed by atoms with E-state index in [1.165, 1.54) is 44.6 Å². The van der Waals surface area contributed by atoms with E-state index in [0.29, 0.717) is 3.57 Å². The molecule has 0 unspecified atom stereocenters. The molecule has 1 saturated carbocycles. The molecular weight excluding hydrogens is 328 g/mol. The normalized spacial score (nSPS) is 17.1. The van der Waals surface area contributed by atoms with Crippen LogP contribution in [0, 0.1) is 15.3 Å². The van der Waals surface area contributed by atoms with Gasteiger partial charge in [0, 0.05) is 6.54 Å². The molecule has 1 aliphatic rings. The van der Waals surface area contributed by atoms with Crippen LogP contribution in [0.2, 0.25) is 0 Å². The van der Waals surface area contributed by atoms with E-state index in [1.807, 2.05) is 6.07 Å². The van der Waals surface area contributed by atoms with Crippen LogP contribution in [-0.4, -0.2) is 6.54 Å². The molecule has 94 valence electrons. The molecule has 0 radical (unpaired) electrons. The first kappa shape index (κ1) is 13.1. The molecular formula is C14H19FIN. The van der Waals surface area contributed by atoms with Crippen molar-refractivity contribution in [3.05, 3.63) is 27.6 Å². The zero-order valence-electron chi connectivity index (χ0n) is 10.0. The average molecular weight is 347 g/mol. The summed E-state index contributed by atoms with van der Waals surface area (Å²) in [5, 5.41) is 3.35. The van der Waals surface area contributed by atoms with Gasteiger partial charge in [-0.2, -0.15) is 0 Å². The minimum Gasteiger partial charge on any atom is -0.384 e. The quantitative estimate of drug-likeness (QED) is 0.771. The lowest BCUT2D eigenvalue weighted by molar-refractivity contribution is 0.345. The zero-order valence-corrected chi connectivity index (χ0v) is 12.2. The summed E-state index contributed by atoms with van der Waals surface area (Å²) in [6.07, 6.45) is 8.16. The summed E-state index contributed by atoms with van der Waals surface area (Å²) in [7, 11) is 0. The molecule has 1 N–H and O–H groups in total. The molecule has 0 aliphatic heterocycles. The predicted molar refractivity (Wildman–Crippen MR) is 78.8 cm³/mol. The van der Waals surface area contributed by atoms with Crippen molar-refractivity contribution >= 4 is 28.3 Å². The van der Waals surface area contributed by atoms with Gasteiger partial charge in [-0.3, -0.25) is 0 Å². The maximum absolute atomic E-state index is 13.3. The van der Waals surface area contributed by atoms with Crippen LogP contribution in [0.5, 0.6) is 0 Å². The highest BCUT2D eigenvalue weighted by Gasteiger charge is 2.13. The van der Waals surface area contributed by atoms with Gasteiger partial charge < -0.3 is 5.32 Å². The van der Waals surface area contributed by atoms with E-state index in [9.17, 15) is 4.39 Å². The Morgan fingerprint density at radius 3 is 2.76 bits per heavy atom. The first-order valence-electron chi connectivity index (χ1n) is 6.45. The second-order valence-corrected chi connectivity index (χ2v) is 5.90. The summed E-state index contributed by atoms with van der Waals surface area (Å²) < 4.78 is 14.0. The second kappa shape index (κ2) is 6.57. The van der Waals surface area contributed by atoms with Gasteiger partial charge in [0.25, 0.3) is 0 Å². The first-order chi connectivity index (χ1) is 8.27. The Balaban J connectivity index is 1.79. The molecule has 0 heterocycles. The van der Waals surface area contributed by atoms with Gasteiger partial charge in [0.05, 0.1) is 9.26 Å². The van der Waals surface area contributed by atoms with Gasteiger partial charge in [0.2, 0.25) is 0 Å². The molecule has 2 rings (SSSR count). The standard InChI is InChI=1S/C14H19FIN/c15-12-7-4-8-13(14(12)16)17-10-9-11-5-2-1-3-6-11/h4,7-8,11,17H,1-3,5-6,9-10H2. The molecule has 0 spiro atoms. The molecule has 0 aromatic heterocycles. The van der Waals surface area contributed by atoms with Gasteiger partial charge in [-0.05, 0) is 47.1 Å². The molecule has 1 aliphatic carbocycles. The van der Waals surface area contributed by atoms with Gasteiger partial charge in [0.15, 0.2) is 0 Å². The van der Waals surface area contributed by atoms with Crippen molar-refractivity contribution in [3.63, 3.8) is 0 Å². The maximum atomic E-state index is 13.3. The number of hydrogen-bond acceptors (Lipinski definition) is 1. The first-order valence-corrected chi connectivity index (χ1v) is 7.53. The summed E-state index contributed by atoms with van der Waals surface area (Å²) in [5.41, 5.74) is 0.932. The maximum Gasteiger partial charge on any atom is 0.138 e. The fourth-order valence-corrected chi connectivity index (χ4v) is 3.08. The topological polar surface area (TPSA) is 12.0 Å². The van der Waals surface area contributed by atoms with Crippen LogP contribution in [-0.2, 0) is 0 Å². The molecule has 0 amide bonds. The summed E-state index contributed by atoms with van der Waals surface area (Å²) in [4.78, 5) is 0. The van der Waals surface area contributed by atoms with Crippen molar-refractivity contribution in [1.29, 1.82) is 0 Å². The van der Waals surface area contributed by atoms with Gasteiger partial charge in [0.1, 0.15) is 5.82 Å². The van der Waals surface area contributed by atoms with E-state index in [4.69, 9.17) is 0 Å². The summed E-state index contributed by atoms with van der Waals surface area (Å²) in [6, 6.07) is 5.22. The van der Waals surface area contributed by atoms with E-state index in [-0.39, 0.29) is 5.82 Å². The summed E-state index contributed by atoms with van der Waals surface area (Å²) in [6.45, 7) is 0.962. The third kappa shape index (κ3) is 3.83. The Morgan fingerprint density at radius 2 is 2.00 bits per heavy atom. The highest BCUT2D eigenvalue weighted by atomic mass is 127. The van der Waals surface area contributed by atoms with Crippen molar-refractivity contribution < 1.29 is 4.39 Å². The molecule has 1 aromatic rings. The van der Waals surface area contributed by atoms with Crippen LogP contribution in [0.25, 0.3) is 0 Å². The van der Waals surface area contributed by atoms with Crippen LogP contribution in [0.3, 0.4) is 0 Å². The minimum absolute atomic E-state index is 0.131. The van der Waals surface area contributed by atoms with Crippen LogP contribution in [0.4, 0.5) is 10.1 Å². The van der Waals surface area contributed by atoms with Crippen LogP contribution >= 0.6 is 22.6 Å². The highest BCUT2D eigenvalue weighted by molar-refractivity contribution is 14.1. The number of benzene rings is 1. The molecule has 0 atom stereocenters. The fraction of sp³-hybridized carbons (Fsp3) is 0.571. The van der Waals surface area contributed by atoms with E-state index in [0.717, 1.165) is 18.2 Å². The number of hydrogen-bond donors (Lipinski definition) is 1. The van der Waals surface area contributed by atoms with Gasteiger partial charge in [-0.1, -0.05) is 38.2 Å². The Kier molecular flexibility index (Phi) is 5.07. The van der Waals surface area contributed by atoms with Gasteiger partial charge >= 0.3 is 0 Å². The fourth-order valence-electron chi connectivity index (χ4n) is 2.53. The van der Waals surface area contributed by atoms with Crippen molar-refractivity contribution in [3.8, 4) is 0 Å². The van der Waals surface area contributed by atoms with E-state index < -0.39 is 0 Å². The predicted octanol–water partition coefficient (Wildman–Crippen LogP) is 4.81. The number of rotatable bonds is 4. The lowest BCUT2D eigenvalue weighted by Gasteiger charge is -2.21. The average Bonchev–Trinajstić information content (AvgIpc) is 2.36. The van der Waals surface area contributed by atoms with Crippen molar-refractivity contribution in [2.24, 2.45) is 5.92 Å². The zero-order chi connectivity index (χ0) is 12.1. The van der Waals surface area contributed by atoms with E-state index in [1.54, 1.807) is 6.07 Å². The largest absolute Gasteiger partial charge is 0.384 e. The molecule has 0 bridgehead atoms. The van der Waals surface area contributed by atoms with Crippen LogP contribution in [0.15, 0.2) is 18.2 Å². The summed E-state index contributed by atoms with van der Waals surface area (Å²) >= 11 is 2.06.